The standard InChI is InChI=1S/C16H13NO4/c18-15(8-3-12-2-1-9-17-10-12)13-4-6-14(7-5-13)21-11-16(19)20/h1-10H,11H2,(H,19,20)/b8-3+. The predicted octanol–water partition coefficient (Wildman–Crippen LogP) is 2.44. The smallest absolute Gasteiger partial charge is 0.341 e. The molecule has 1 N–H and O–H groups in total. The van der Waals surface area contributed by atoms with Gasteiger partial charge in [0.2, 0.25) is 0 Å². The lowest BCUT2D eigenvalue weighted by atomic mass is 10.1. The number of aliphatic carboxylic acids is 1. The molecule has 0 spiro atoms. The lowest BCUT2D eigenvalue weighted by Gasteiger charge is -2.03. The topological polar surface area (TPSA) is 76.5 Å². The number of aromatic nitrogens is 1. The van der Waals surface area contributed by atoms with Gasteiger partial charge in [-0.05, 0) is 48.0 Å². The molecule has 5 heteroatoms. The molecule has 0 amide bonds. The Hall–Kier alpha value is -2.95. The second-order valence-electron chi connectivity index (χ2n) is 4.19. The SMILES string of the molecule is O=C(O)COc1ccc(C(=O)/C=C/c2cccnc2)cc1. The first-order valence-corrected chi connectivity index (χ1v) is 6.22. The Morgan fingerprint density at radius 2 is 1.95 bits per heavy atom. The van der Waals surface area contributed by atoms with E-state index in [0.29, 0.717) is 11.3 Å². The fourth-order valence-electron chi connectivity index (χ4n) is 1.60. The minimum atomic E-state index is -1.05. The maximum Gasteiger partial charge on any atom is 0.341 e. The van der Waals surface area contributed by atoms with Crippen LogP contribution in [0.25, 0.3) is 6.08 Å². The van der Waals surface area contributed by atoms with E-state index in [1.54, 1.807) is 48.8 Å². The molecule has 0 radical (unpaired) electrons. The van der Waals surface area contributed by atoms with Crippen LogP contribution in [0, 0.1) is 0 Å². The molecule has 0 unspecified atom stereocenters. The number of carboxylic acids is 1. The van der Waals surface area contributed by atoms with E-state index in [-0.39, 0.29) is 5.78 Å². The lowest BCUT2D eigenvalue weighted by Crippen LogP contribution is -2.09. The molecule has 1 aromatic carbocycles. The second-order valence-corrected chi connectivity index (χ2v) is 4.19. The van der Waals surface area contributed by atoms with E-state index in [1.807, 2.05) is 6.07 Å². The van der Waals surface area contributed by atoms with Crippen molar-refractivity contribution in [2.24, 2.45) is 0 Å². The van der Waals surface area contributed by atoms with Gasteiger partial charge in [-0.15, -0.1) is 0 Å². The van der Waals surface area contributed by atoms with Crippen molar-refractivity contribution in [1.82, 2.24) is 4.98 Å². The van der Waals surface area contributed by atoms with Gasteiger partial charge in [0.05, 0.1) is 0 Å². The molecule has 2 aromatic rings. The summed E-state index contributed by atoms with van der Waals surface area (Å²) in [5.74, 6) is -0.789. The summed E-state index contributed by atoms with van der Waals surface area (Å²) in [6.45, 7) is -0.409. The summed E-state index contributed by atoms with van der Waals surface area (Å²) in [4.78, 5) is 26.3. The van der Waals surface area contributed by atoms with Gasteiger partial charge in [0.1, 0.15) is 5.75 Å². The molecule has 106 valence electrons. The molecular formula is C16H13NO4. The molecule has 0 saturated heterocycles. The summed E-state index contributed by atoms with van der Waals surface area (Å²) < 4.78 is 4.99. The summed E-state index contributed by atoms with van der Waals surface area (Å²) in [6, 6.07) is 9.95. The van der Waals surface area contributed by atoms with Crippen LogP contribution in [-0.2, 0) is 4.79 Å². The first-order valence-electron chi connectivity index (χ1n) is 6.22. The van der Waals surface area contributed by atoms with Gasteiger partial charge in [0.15, 0.2) is 12.4 Å². The monoisotopic (exact) mass is 283 g/mol. The van der Waals surface area contributed by atoms with Crippen molar-refractivity contribution in [3.8, 4) is 5.75 Å². The second kappa shape index (κ2) is 7.00. The number of rotatable bonds is 6. The van der Waals surface area contributed by atoms with E-state index in [0.717, 1.165) is 5.56 Å². The summed E-state index contributed by atoms with van der Waals surface area (Å²) in [5, 5.41) is 8.50. The zero-order valence-corrected chi connectivity index (χ0v) is 11.1. The maximum atomic E-state index is 12.0. The van der Waals surface area contributed by atoms with E-state index >= 15 is 0 Å². The number of pyridine rings is 1. The van der Waals surface area contributed by atoms with Crippen LogP contribution in [0.2, 0.25) is 0 Å². The Kier molecular flexibility index (Phi) is 4.82. The summed E-state index contributed by atoms with van der Waals surface area (Å²) >= 11 is 0. The molecule has 0 saturated carbocycles. The Labute approximate surface area is 121 Å². The normalized spacial score (nSPS) is 10.5. The third-order valence-electron chi connectivity index (χ3n) is 2.61. The lowest BCUT2D eigenvalue weighted by molar-refractivity contribution is -0.139. The van der Waals surface area contributed by atoms with Crippen molar-refractivity contribution < 1.29 is 19.4 Å². The highest BCUT2D eigenvalue weighted by Gasteiger charge is 2.03. The van der Waals surface area contributed by atoms with Crippen LogP contribution < -0.4 is 4.74 Å². The number of carbonyl (C=O) groups excluding carboxylic acids is 1. The highest BCUT2D eigenvalue weighted by molar-refractivity contribution is 6.06. The molecule has 0 bridgehead atoms. The summed E-state index contributed by atoms with van der Waals surface area (Å²) in [5.41, 5.74) is 1.34. The number of carbonyl (C=O) groups is 2. The minimum Gasteiger partial charge on any atom is -0.482 e. The fourth-order valence-corrected chi connectivity index (χ4v) is 1.60. The zero-order valence-electron chi connectivity index (χ0n) is 11.1. The van der Waals surface area contributed by atoms with Gasteiger partial charge in [-0.1, -0.05) is 6.07 Å². The minimum absolute atomic E-state index is 0.149. The average molecular weight is 283 g/mol. The Morgan fingerprint density at radius 3 is 2.57 bits per heavy atom. The van der Waals surface area contributed by atoms with Crippen LogP contribution in [0.1, 0.15) is 15.9 Å². The zero-order chi connectivity index (χ0) is 15.1. The number of allylic oxidation sites excluding steroid dienone is 1. The molecule has 5 nitrogen and oxygen atoms in total. The van der Waals surface area contributed by atoms with Gasteiger partial charge in [-0.25, -0.2) is 4.79 Å². The molecule has 21 heavy (non-hydrogen) atoms. The quantitative estimate of drug-likeness (QED) is 0.651. The molecule has 1 heterocycles. The number of ether oxygens (including phenoxy) is 1. The largest absolute Gasteiger partial charge is 0.482 e. The van der Waals surface area contributed by atoms with Crippen LogP contribution in [-0.4, -0.2) is 28.4 Å². The highest BCUT2D eigenvalue weighted by atomic mass is 16.5. The van der Waals surface area contributed by atoms with Crippen molar-refractivity contribution >= 4 is 17.8 Å². The van der Waals surface area contributed by atoms with E-state index in [2.05, 4.69) is 4.98 Å². The molecule has 0 atom stereocenters. The molecule has 0 fully saturated rings. The van der Waals surface area contributed by atoms with E-state index in [9.17, 15) is 9.59 Å². The molecule has 0 aliphatic rings. The first kappa shape index (κ1) is 14.5. The first-order chi connectivity index (χ1) is 10.1. The van der Waals surface area contributed by atoms with Crippen LogP contribution in [0.4, 0.5) is 0 Å². The van der Waals surface area contributed by atoms with Crippen LogP contribution in [0.15, 0.2) is 54.9 Å². The Morgan fingerprint density at radius 1 is 1.19 bits per heavy atom. The molecule has 0 aliphatic carbocycles. The van der Waals surface area contributed by atoms with Gasteiger partial charge in [0.25, 0.3) is 0 Å². The fraction of sp³-hybridized carbons (Fsp3) is 0.0625. The van der Waals surface area contributed by atoms with Crippen LogP contribution >= 0.6 is 0 Å². The molecule has 1 aromatic heterocycles. The third kappa shape index (κ3) is 4.58. The van der Waals surface area contributed by atoms with E-state index in [4.69, 9.17) is 9.84 Å². The van der Waals surface area contributed by atoms with Crippen LogP contribution in [0.3, 0.4) is 0 Å². The van der Waals surface area contributed by atoms with Gasteiger partial charge in [0, 0.05) is 18.0 Å². The number of benzene rings is 1. The molecule has 2 rings (SSSR count). The van der Waals surface area contributed by atoms with E-state index in [1.165, 1.54) is 6.08 Å². The number of hydrogen-bond acceptors (Lipinski definition) is 4. The highest BCUT2D eigenvalue weighted by Crippen LogP contribution is 2.13. The number of hydrogen-bond donors (Lipinski definition) is 1. The van der Waals surface area contributed by atoms with Gasteiger partial charge >= 0.3 is 5.97 Å². The van der Waals surface area contributed by atoms with Gasteiger partial charge < -0.3 is 9.84 Å². The predicted molar refractivity (Wildman–Crippen MR) is 77.2 cm³/mol. The molecule has 0 aliphatic heterocycles. The maximum absolute atomic E-state index is 12.0. The number of ketones is 1. The summed E-state index contributed by atoms with van der Waals surface area (Å²) in [6.07, 6.45) is 6.47. The Bertz CT molecular complexity index is 648. The van der Waals surface area contributed by atoms with Crippen molar-refractivity contribution in [2.75, 3.05) is 6.61 Å². The number of carboxylic acid groups (broad SMARTS) is 1. The Balaban J connectivity index is 2.00. The van der Waals surface area contributed by atoms with Crippen molar-refractivity contribution in [3.63, 3.8) is 0 Å². The average Bonchev–Trinajstić information content (AvgIpc) is 2.52. The van der Waals surface area contributed by atoms with Gasteiger partial charge in [-0.2, -0.15) is 0 Å². The van der Waals surface area contributed by atoms with Crippen molar-refractivity contribution in [1.29, 1.82) is 0 Å². The number of nitrogens with zero attached hydrogens (tertiary/aromatic N) is 1. The third-order valence-corrected chi connectivity index (χ3v) is 2.61. The van der Waals surface area contributed by atoms with Gasteiger partial charge in [-0.3, -0.25) is 9.78 Å². The van der Waals surface area contributed by atoms with Crippen LogP contribution in [0.5, 0.6) is 5.75 Å². The van der Waals surface area contributed by atoms with E-state index < -0.39 is 12.6 Å². The molecular weight excluding hydrogens is 270 g/mol. The van der Waals surface area contributed by atoms with Crippen molar-refractivity contribution in [3.05, 3.63) is 66.0 Å². The van der Waals surface area contributed by atoms with Crippen molar-refractivity contribution in [2.45, 2.75) is 0 Å². The summed E-state index contributed by atoms with van der Waals surface area (Å²) in [7, 11) is 0.